The molecule has 5 rings (SSSR count). The zero-order valence-electron chi connectivity index (χ0n) is 14.9. The second kappa shape index (κ2) is 6.41. The number of nitrogens with zero attached hydrogens (tertiary/aromatic N) is 1. The molecule has 0 saturated carbocycles. The second-order valence-electron chi connectivity index (χ2n) is 6.78. The Morgan fingerprint density at radius 2 is 1.72 bits per heavy atom. The quantitative estimate of drug-likeness (QED) is 0.517. The SMILES string of the molecule is O=C1c2oc3ccc(F)cc3c(=O)c2[C@H](c2ccc(F)cc2)N1Cc1ccco1. The van der Waals surface area contributed by atoms with Gasteiger partial charge in [-0.1, -0.05) is 12.1 Å². The summed E-state index contributed by atoms with van der Waals surface area (Å²) < 4.78 is 38.3. The molecule has 1 aliphatic rings. The molecular weight excluding hydrogens is 380 g/mol. The second-order valence-corrected chi connectivity index (χ2v) is 6.78. The molecule has 29 heavy (non-hydrogen) atoms. The van der Waals surface area contributed by atoms with E-state index in [1.807, 2.05) is 0 Å². The Kier molecular flexibility index (Phi) is 3.84. The molecule has 0 unspecified atom stereocenters. The van der Waals surface area contributed by atoms with Gasteiger partial charge in [-0.2, -0.15) is 0 Å². The summed E-state index contributed by atoms with van der Waals surface area (Å²) in [6.45, 7) is 0.0855. The minimum Gasteiger partial charge on any atom is -0.467 e. The standard InChI is InChI=1S/C22H13F2NO4/c23-13-5-3-12(4-6-13)19-18-20(26)16-10-14(24)7-8-17(16)29-21(18)22(27)25(19)11-15-2-1-9-28-15/h1-10,19H,11H2/t19-/m0/s1. The summed E-state index contributed by atoms with van der Waals surface area (Å²) in [5.41, 5.74) is 0.269. The lowest BCUT2D eigenvalue weighted by Gasteiger charge is -2.24. The highest BCUT2D eigenvalue weighted by atomic mass is 19.1. The van der Waals surface area contributed by atoms with Gasteiger partial charge < -0.3 is 13.7 Å². The number of rotatable bonds is 3. The highest BCUT2D eigenvalue weighted by Crippen LogP contribution is 2.39. The smallest absolute Gasteiger partial charge is 0.291 e. The number of hydrogen-bond donors (Lipinski definition) is 0. The van der Waals surface area contributed by atoms with Crippen LogP contribution in [-0.2, 0) is 6.54 Å². The molecule has 0 spiro atoms. The summed E-state index contributed by atoms with van der Waals surface area (Å²) in [4.78, 5) is 27.8. The van der Waals surface area contributed by atoms with E-state index >= 15 is 0 Å². The molecule has 0 N–H and O–H groups in total. The van der Waals surface area contributed by atoms with Crippen LogP contribution in [-0.4, -0.2) is 10.8 Å². The fourth-order valence-corrected chi connectivity index (χ4v) is 3.72. The summed E-state index contributed by atoms with van der Waals surface area (Å²) >= 11 is 0. The lowest BCUT2D eigenvalue weighted by atomic mass is 9.98. The van der Waals surface area contributed by atoms with Crippen LogP contribution in [0.4, 0.5) is 8.78 Å². The van der Waals surface area contributed by atoms with Gasteiger partial charge in [0.1, 0.15) is 23.0 Å². The maximum atomic E-state index is 13.7. The van der Waals surface area contributed by atoms with Crippen LogP contribution >= 0.6 is 0 Å². The first-order valence-electron chi connectivity index (χ1n) is 8.88. The van der Waals surface area contributed by atoms with Crippen LogP contribution in [0.1, 0.15) is 33.5 Å². The van der Waals surface area contributed by atoms with Crippen molar-refractivity contribution in [2.75, 3.05) is 0 Å². The van der Waals surface area contributed by atoms with E-state index in [9.17, 15) is 18.4 Å². The first-order valence-corrected chi connectivity index (χ1v) is 8.88. The van der Waals surface area contributed by atoms with Gasteiger partial charge >= 0.3 is 0 Å². The summed E-state index contributed by atoms with van der Waals surface area (Å²) in [5, 5.41) is 0.0449. The monoisotopic (exact) mass is 393 g/mol. The number of hydrogen-bond acceptors (Lipinski definition) is 4. The van der Waals surface area contributed by atoms with Gasteiger partial charge in [0.2, 0.25) is 5.76 Å². The normalized spacial score (nSPS) is 15.9. The van der Waals surface area contributed by atoms with Gasteiger partial charge in [-0.25, -0.2) is 8.78 Å². The molecule has 1 aliphatic heterocycles. The van der Waals surface area contributed by atoms with Crippen molar-refractivity contribution in [1.29, 1.82) is 0 Å². The highest BCUT2D eigenvalue weighted by molar-refractivity contribution is 5.99. The van der Waals surface area contributed by atoms with Crippen molar-refractivity contribution in [3.8, 4) is 0 Å². The number of amides is 1. The Labute approximate surface area is 162 Å². The predicted molar refractivity (Wildman–Crippen MR) is 99.3 cm³/mol. The number of fused-ring (bicyclic) bond motifs is 2. The minimum absolute atomic E-state index is 0.0449. The summed E-state index contributed by atoms with van der Waals surface area (Å²) in [6.07, 6.45) is 1.48. The Hall–Kier alpha value is -3.74. The maximum Gasteiger partial charge on any atom is 0.291 e. The van der Waals surface area contributed by atoms with Gasteiger partial charge in [0.15, 0.2) is 5.43 Å². The number of carbonyl (C=O) groups excluding carboxylic acids is 1. The zero-order valence-corrected chi connectivity index (χ0v) is 14.9. The molecule has 2 aromatic carbocycles. The van der Waals surface area contributed by atoms with Crippen molar-refractivity contribution < 1.29 is 22.4 Å². The van der Waals surface area contributed by atoms with E-state index in [0.29, 0.717) is 11.3 Å². The zero-order chi connectivity index (χ0) is 20.1. The van der Waals surface area contributed by atoms with Crippen LogP contribution in [0.25, 0.3) is 11.0 Å². The van der Waals surface area contributed by atoms with Crippen LogP contribution < -0.4 is 5.43 Å². The van der Waals surface area contributed by atoms with E-state index < -0.39 is 29.0 Å². The number of carbonyl (C=O) groups is 1. The number of halogens is 2. The van der Waals surface area contributed by atoms with E-state index in [-0.39, 0.29) is 28.8 Å². The molecule has 7 heteroatoms. The molecule has 144 valence electrons. The van der Waals surface area contributed by atoms with Crippen molar-refractivity contribution in [2.45, 2.75) is 12.6 Å². The average Bonchev–Trinajstić information content (AvgIpc) is 3.32. The lowest BCUT2D eigenvalue weighted by molar-refractivity contribution is 0.0701. The molecule has 1 amide bonds. The Morgan fingerprint density at radius 1 is 0.966 bits per heavy atom. The Bertz CT molecular complexity index is 1290. The highest BCUT2D eigenvalue weighted by Gasteiger charge is 2.43. The Balaban J connectivity index is 1.75. The molecule has 0 bridgehead atoms. The van der Waals surface area contributed by atoms with Crippen molar-refractivity contribution in [2.24, 2.45) is 0 Å². The third-order valence-electron chi connectivity index (χ3n) is 5.02. The number of furan rings is 1. The van der Waals surface area contributed by atoms with Gasteiger partial charge in [0.05, 0.1) is 29.8 Å². The third-order valence-corrected chi connectivity index (χ3v) is 5.02. The summed E-state index contributed by atoms with van der Waals surface area (Å²) in [6, 6.07) is 11.7. The van der Waals surface area contributed by atoms with E-state index in [1.54, 1.807) is 12.1 Å². The molecule has 0 radical (unpaired) electrons. The molecule has 0 fully saturated rings. The summed E-state index contributed by atoms with van der Waals surface area (Å²) in [5.74, 6) is -1.10. The predicted octanol–water partition coefficient (Wildman–Crippen LogP) is 4.41. The van der Waals surface area contributed by atoms with Crippen molar-refractivity contribution >= 4 is 16.9 Å². The molecule has 4 aromatic rings. The fourth-order valence-electron chi connectivity index (χ4n) is 3.72. The van der Waals surface area contributed by atoms with Crippen molar-refractivity contribution in [3.63, 3.8) is 0 Å². The topological polar surface area (TPSA) is 63.7 Å². The van der Waals surface area contributed by atoms with Gasteiger partial charge in [-0.05, 0) is 48.0 Å². The van der Waals surface area contributed by atoms with Crippen LogP contribution in [0.5, 0.6) is 0 Å². The van der Waals surface area contributed by atoms with Gasteiger partial charge in [0, 0.05) is 0 Å². The molecule has 1 atom stereocenters. The lowest BCUT2D eigenvalue weighted by Crippen LogP contribution is -2.29. The van der Waals surface area contributed by atoms with Crippen LogP contribution in [0.2, 0.25) is 0 Å². The molecule has 2 aromatic heterocycles. The molecule has 0 saturated heterocycles. The first-order chi connectivity index (χ1) is 14.0. The molecule has 3 heterocycles. The van der Waals surface area contributed by atoms with Gasteiger partial charge in [-0.15, -0.1) is 0 Å². The fraction of sp³-hybridized carbons (Fsp3) is 0.0909. The largest absolute Gasteiger partial charge is 0.467 e. The maximum absolute atomic E-state index is 13.7. The minimum atomic E-state index is -0.813. The third kappa shape index (κ3) is 2.74. The van der Waals surface area contributed by atoms with Crippen LogP contribution in [0.15, 0.2) is 74.5 Å². The van der Waals surface area contributed by atoms with Crippen LogP contribution in [0.3, 0.4) is 0 Å². The van der Waals surface area contributed by atoms with E-state index in [2.05, 4.69) is 0 Å². The van der Waals surface area contributed by atoms with E-state index in [4.69, 9.17) is 8.83 Å². The van der Waals surface area contributed by atoms with Crippen molar-refractivity contribution in [1.82, 2.24) is 4.90 Å². The van der Waals surface area contributed by atoms with E-state index in [0.717, 1.165) is 12.1 Å². The van der Waals surface area contributed by atoms with Gasteiger partial charge in [-0.3, -0.25) is 9.59 Å². The molecular formula is C22H13F2NO4. The Morgan fingerprint density at radius 3 is 2.45 bits per heavy atom. The van der Waals surface area contributed by atoms with Crippen LogP contribution in [0, 0.1) is 11.6 Å². The molecule has 0 aliphatic carbocycles. The molecule has 5 nitrogen and oxygen atoms in total. The van der Waals surface area contributed by atoms with E-state index in [1.165, 1.54) is 41.5 Å². The van der Waals surface area contributed by atoms with Gasteiger partial charge in [0.25, 0.3) is 5.91 Å². The number of benzene rings is 2. The summed E-state index contributed by atoms with van der Waals surface area (Å²) in [7, 11) is 0. The average molecular weight is 393 g/mol. The van der Waals surface area contributed by atoms with Crippen molar-refractivity contribution in [3.05, 3.63) is 105 Å². The first kappa shape index (κ1) is 17.4.